The number of aromatic amines is 1. The van der Waals surface area contributed by atoms with Crippen LogP contribution in [-0.2, 0) is 13.0 Å². The first-order valence-corrected chi connectivity index (χ1v) is 9.99. The standard InChI is InChI=1S/C22H24N6O/c1-3-7-16(8-4-1)15-28-13-11-18-19-20(27-26-18)24-22(25-21(19)28)23-12-14-29-17-9-5-2-6-10-17/h1-10,22-23,25H,11-15H2,(H,24,27). The Balaban J connectivity index is 1.28. The molecule has 0 bridgehead atoms. The van der Waals surface area contributed by atoms with Crippen LogP contribution in [0, 0.1) is 0 Å². The summed E-state index contributed by atoms with van der Waals surface area (Å²) in [6.07, 6.45) is 0.698. The fourth-order valence-corrected chi connectivity index (χ4v) is 3.80. The number of hydrogen-bond acceptors (Lipinski definition) is 6. The highest BCUT2D eigenvalue weighted by Crippen LogP contribution is 2.15. The van der Waals surface area contributed by atoms with E-state index in [4.69, 9.17) is 9.73 Å². The van der Waals surface area contributed by atoms with Gasteiger partial charge in [0.1, 0.15) is 18.2 Å². The number of ether oxygens (including phenoxy) is 1. The van der Waals surface area contributed by atoms with Crippen molar-refractivity contribution >= 4 is 5.82 Å². The summed E-state index contributed by atoms with van der Waals surface area (Å²) in [4.78, 5) is 7.12. The molecule has 0 spiro atoms. The summed E-state index contributed by atoms with van der Waals surface area (Å²) in [5, 5.41) is 15.6. The van der Waals surface area contributed by atoms with Crippen molar-refractivity contribution in [1.29, 1.82) is 0 Å². The topological polar surface area (TPSA) is 77.6 Å². The third-order valence-corrected chi connectivity index (χ3v) is 5.19. The van der Waals surface area contributed by atoms with Crippen molar-refractivity contribution in [3.05, 3.63) is 82.6 Å². The average Bonchev–Trinajstić information content (AvgIpc) is 3.19. The van der Waals surface area contributed by atoms with Gasteiger partial charge in [0, 0.05) is 26.1 Å². The van der Waals surface area contributed by atoms with Crippen LogP contribution >= 0.6 is 0 Å². The zero-order valence-corrected chi connectivity index (χ0v) is 16.1. The molecule has 3 aromatic rings. The van der Waals surface area contributed by atoms with E-state index in [0.29, 0.717) is 13.2 Å². The highest BCUT2D eigenvalue weighted by molar-refractivity contribution is 5.45. The number of aromatic nitrogens is 2. The molecule has 29 heavy (non-hydrogen) atoms. The summed E-state index contributed by atoms with van der Waals surface area (Å²) in [7, 11) is 0. The van der Waals surface area contributed by atoms with E-state index in [1.165, 1.54) is 5.56 Å². The van der Waals surface area contributed by atoms with Gasteiger partial charge in [0.25, 0.3) is 0 Å². The lowest BCUT2D eigenvalue weighted by Gasteiger charge is -2.34. The summed E-state index contributed by atoms with van der Waals surface area (Å²) in [5.74, 6) is 1.97. The number of benzene rings is 2. The van der Waals surface area contributed by atoms with Gasteiger partial charge in [-0.1, -0.05) is 48.5 Å². The van der Waals surface area contributed by atoms with E-state index in [2.05, 4.69) is 50.0 Å². The van der Waals surface area contributed by atoms with E-state index in [9.17, 15) is 0 Å². The lowest BCUT2D eigenvalue weighted by atomic mass is 10.1. The molecule has 1 aromatic heterocycles. The number of hydrogen-bond donors (Lipinski definition) is 3. The molecule has 2 aliphatic heterocycles. The Morgan fingerprint density at radius 3 is 2.69 bits per heavy atom. The summed E-state index contributed by atoms with van der Waals surface area (Å²) in [6, 6.07) is 20.4. The lowest BCUT2D eigenvalue weighted by Crippen LogP contribution is -2.56. The van der Waals surface area contributed by atoms with E-state index >= 15 is 0 Å². The molecular weight excluding hydrogens is 364 g/mol. The van der Waals surface area contributed by atoms with E-state index in [0.717, 1.165) is 47.5 Å². The fourth-order valence-electron chi connectivity index (χ4n) is 3.80. The van der Waals surface area contributed by atoms with Gasteiger partial charge in [-0.05, 0) is 17.7 Å². The first kappa shape index (κ1) is 17.8. The van der Waals surface area contributed by atoms with Crippen LogP contribution in [0.4, 0.5) is 0 Å². The Bertz CT molecular complexity index is 1080. The Morgan fingerprint density at radius 2 is 1.86 bits per heavy atom. The van der Waals surface area contributed by atoms with Crippen molar-refractivity contribution in [3.8, 4) is 5.75 Å². The van der Waals surface area contributed by atoms with E-state index in [-0.39, 0.29) is 6.29 Å². The van der Waals surface area contributed by atoms with Gasteiger partial charge < -0.3 is 15.0 Å². The molecule has 0 radical (unpaired) electrons. The van der Waals surface area contributed by atoms with E-state index in [1.807, 2.05) is 36.4 Å². The fraction of sp³-hybridized carbons (Fsp3) is 0.273. The van der Waals surface area contributed by atoms with Crippen LogP contribution in [0.15, 0.2) is 65.7 Å². The molecule has 5 rings (SSSR count). The highest BCUT2D eigenvalue weighted by Gasteiger charge is 2.26. The average molecular weight is 388 g/mol. The van der Waals surface area contributed by atoms with Gasteiger partial charge in [0.05, 0.1) is 10.9 Å². The number of para-hydroxylation sites is 1. The second-order valence-electron chi connectivity index (χ2n) is 7.19. The minimum Gasteiger partial charge on any atom is -0.492 e. The molecule has 148 valence electrons. The highest BCUT2D eigenvalue weighted by atomic mass is 16.5. The molecule has 3 N–H and O–H groups in total. The van der Waals surface area contributed by atoms with Crippen LogP contribution in [0.5, 0.6) is 5.75 Å². The van der Waals surface area contributed by atoms with E-state index < -0.39 is 0 Å². The van der Waals surface area contributed by atoms with Gasteiger partial charge in [-0.3, -0.25) is 10.4 Å². The zero-order chi connectivity index (χ0) is 19.5. The largest absolute Gasteiger partial charge is 0.492 e. The third-order valence-electron chi connectivity index (χ3n) is 5.19. The number of nitrogens with zero attached hydrogens (tertiary/aromatic N) is 3. The van der Waals surface area contributed by atoms with Crippen molar-refractivity contribution in [2.75, 3.05) is 19.7 Å². The Morgan fingerprint density at radius 1 is 1.07 bits per heavy atom. The molecule has 0 saturated carbocycles. The van der Waals surface area contributed by atoms with Crippen LogP contribution < -0.4 is 26.1 Å². The lowest BCUT2D eigenvalue weighted by molar-refractivity contribution is 0.291. The van der Waals surface area contributed by atoms with Crippen molar-refractivity contribution in [3.63, 3.8) is 0 Å². The van der Waals surface area contributed by atoms with E-state index in [1.54, 1.807) is 0 Å². The molecule has 1 atom stereocenters. The maximum Gasteiger partial charge on any atom is 0.177 e. The number of H-pyrrole nitrogens is 1. The molecule has 2 aliphatic rings. The Hall–Kier alpha value is -3.32. The van der Waals surface area contributed by atoms with Gasteiger partial charge in [0.15, 0.2) is 11.8 Å². The van der Waals surface area contributed by atoms with Gasteiger partial charge in [-0.15, -0.1) is 0 Å². The summed E-state index contributed by atoms with van der Waals surface area (Å²) in [6.45, 7) is 3.04. The van der Waals surface area contributed by atoms with Crippen LogP contribution in [0.3, 0.4) is 0 Å². The zero-order valence-electron chi connectivity index (χ0n) is 16.1. The van der Waals surface area contributed by atoms with Crippen LogP contribution in [-0.4, -0.2) is 41.1 Å². The number of nitrogens with one attached hydrogen (secondary N) is 3. The molecule has 2 aromatic carbocycles. The maximum atomic E-state index is 5.77. The predicted molar refractivity (Wildman–Crippen MR) is 110 cm³/mol. The maximum absolute atomic E-state index is 5.77. The van der Waals surface area contributed by atoms with Crippen molar-refractivity contribution in [2.24, 2.45) is 4.99 Å². The van der Waals surface area contributed by atoms with Crippen LogP contribution in [0.1, 0.15) is 11.3 Å². The van der Waals surface area contributed by atoms with Crippen molar-refractivity contribution in [1.82, 2.24) is 25.7 Å². The van der Waals surface area contributed by atoms with Crippen LogP contribution in [0.2, 0.25) is 0 Å². The summed E-state index contributed by atoms with van der Waals surface area (Å²) >= 11 is 0. The predicted octanol–water partition coefficient (Wildman–Crippen LogP) is 0.709. The van der Waals surface area contributed by atoms with Gasteiger partial charge >= 0.3 is 0 Å². The molecule has 7 nitrogen and oxygen atoms in total. The van der Waals surface area contributed by atoms with Crippen LogP contribution in [0.25, 0.3) is 5.82 Å². The Kier molecular flexibility index (Phi) is 4.88. The minimum atomic E-state index is -0.221. The first-order valence-electron chi connectivity index (χ1n) is 9.99. The molecule has 0 amide bonds. The van der Waals surface area contributed by atoms with Gasteiger partial charge in [0.2, 0.25) is 0 Å². The SMILES string of the molecule is c1ccc(CN2CCc3n[nH]c4c3=C2NC(NCCOc2ccccc2)N=4)cc1. The molecule has 3 heterocycles. The molecule has 0 aliphatic carbocycles. The Labute approximate surface area is 169 Å². The normalized spacial score (nSPS) is 17.3. The second-order valence-corrected chi connectivity index (χ2v) is 7.19. The first-order chi connectivity index (χ1) is 14.4. The quantitative estimate of drug-likeness (QED) is 0.520. The smallest absolute Gasteiger partial charge is 0.177 e. The monoisotopic (exact) mass is 388 g/mol. The summed E-state index contributed by atoms with van der Waals surface area (Å²) < 4.78 is 5.77. The molecule has 0 saturated heterocycles. The number of rotatable bonds is 7. The van der Waals surface area contributed by atoms with Gasteiger partial charge in [-0.2, -0.15) is 5.10 Å². The van der Waals surface area contributed by atoms with Crippen molar-refractivity contribution in [2.45, 2.75) is 19.3 Å². The van der Waals surface area contributed by atoms with Gasteiger partial charge in [-0.25, -0.2) is 4.99 Å². The summed E-state index contributed by atoms with van der Waals surface area (Å²) in [5.41, 5.74) is 3.22. The molecular formula is C22H24N6O. The second kappa shape index (κ2) is 7.97. The minimum absolute atomic E-state index is 0.221. The third kappa shape index (κ3) is 3.82. The van der Waals surface area contributed by atoms with Crippen molar-refractivity contribution < 1.29 is 4.74 Å². The molecule has 7 heteroatoms. The molecule has 1 unspecified atom stereocenters. The molecule has 0 fully saturated rings.